The number of guanidine groups is 1. The summed E-state index contributed by atoms with van der Waals surface area (Å²) in [5, 5.41) is 7.85. The molecule has 0 saturated carbocycles. The Bertz CT molecular complexity index is 1040. The van der Waals surface area contributed by atoms with Gasteiger partial charge in [-0.3, -0.25) is 4.79 Å². The minimum absolute atomic E-state index is 0.0755. The van der Waals surface area contributed by atoms with Crippen molar-refractivity contribution in [3.05, 3.63) is 66.4 Å². The molecule has 3 aromatic rings. The molecule has 3 N–H and O–H groups in total. The highest BCUT2D eigenvalue weighted by Crippen LogP contribution is 2.18. The van der Waals surface area contributed by atoms with Crippen molar-refractivity contribution in [2.24, 2.45) is 4.99 Å². The Balaban J connectivity index is 1.26. The minimum Gasteiger partial charge on any atom is -0.368 e. The first kappa shape index (κ1) is 21.7. The van der Waals surface area contributed by atoms with E-state index in [0.717, 1.165) is 51.2 Å². The number of piperazine rings is 1. The highest BCUT2D eigenvalue weighted by atomic mass is 16.2. The summed E-state index contributed by atoms with van der Waals surface area (Å²) in [5.74, 6) is 0.759. The van der Waals surface area contributed by atoms with Crippen LogP contribution in [0.4, 0.5) is 5.69 Å². The number of hydrogen-bond donors (Lipinski definition) is 3. The second-order valence-corrected chi connectivity index (χ2v) is 7.93. The molecule has 0 bridgehead atoms. The summed E-state index contributed by atoms with van der Waals surface area (Å²) in [4.78, 5) is 24.8. The molecule has 1 fully saturated rings. The maximum absolute atomic E-state index is 12.7. The summed E-state index contributed by atoms with van der Waals surface area (Å²) in [6, 6.07) is 18.7. The molecule has 1 amide bonds. The summed E-state index contributed by atoms with van der Waals surface area (Å²) >= 11 is 0. The molecule has 32 heavy (non-hydrogen) atoms. The fourth-order valence-corrected chi connectivity index (χ4v) is 4.10. The molecule has 0 radical (unpaired) electrons. The molecule has 7 nitrogen and oxygen atoms in total. The number of fused-ring (bicyclic) bond motifs is 1. The maximum atomic E-state index is 12.7. The molecule has 2 aromatic carbocycles. The molecule has 0 unspecified atom stereocenters. The molecule has 1 saturated heterocycles. The average Bonchev–Trinajstić information content (AvgIpc) is 3.26. The van der Waals surface area contributed by atoms with Gasteiger partial charge in [0.2, 0.25) is 5.91 Å². The summed E-state index contributed by atoms with van der Waals surface area (Å²) in [7, 11) is 0. The van der Waals surface area contributed by atoms with Crippen LogP contribution in [-0.4, -0.2) is 67.6 Å². The number of hydrogen-bond acceptors (Lipinski definition) is 3. The third-order valence-corrected chi connectivity index (χ3v) is 5.83. The molecular formula is C25H32N6O. The Morgan fingerprint density at radius 3 is 2.53 bits per heavy atom. The zero-order valence-electron chi connectivity index (χ0n) is 18.7. The first-order chi connectivity index (χ1) is 15.7. The number of nitrogens with zero attached hydrogens (tertiary/aromatic N) is 3. The summed E-state index contributed by atoms with van der Waals surface area (Å²) in [6.07, 6.45) is 2.94. The van der Waals surface area contributed by atoms with Crippen molar-refractivity contribution in [1.29, 1.82) is 0 Å². The molecule has 1 aromatic heterocycles. The van der Waals surface area contributed by atoms with Crippen LogP contribution in [0, 0.1) is 0 Å². The van der Waals surface area contributed by atoms with E-state index in [0.29, 0.717) is 5.96 Å². The average molecular weight is 433 g/mol. The Morgan fingerprint density at radius 1 is 1.00 bits per heavy atom. The first-order valence-electron chi connectivity index (χ1n) is 11.4. The number of aromatic nitrogens is 1. The van der Waals surface area contributed by atoms with Crippen molar-refractivity contribution in [3.8, 4) is 0 Å². The van der Waals surface area contributed by atoms with Crippen molar-refractivity contribution in [2.45, 2.75) is 13.3 Å². The SMILES string of the molecule is CCNC(=NCC(=O)N1CCN(c2ccccc2)CC1)NCCc1c[nH]c2ccccc12. The Labute approximate surface area is 189 Å². The van der Waals surface area contributed by atoms with Crippen LogP contribution < -0.4 is 15.5 Å². The van der Waals surface area contributed by atoms with Crippen molar-refractivity contribution in [2.75, 3.05) is 50.7 Å². The van der Waals surface area contributed by atoms with Crippen LogP contribution in [-0.2, 0) is 11.2 Å². The number of H-pyrrole nitrogens is 1. The minimum atomic E-state index is 0.0755. The second-order valence-electron chi connectivity index (χ2n) is 7.93. The standard InChI is InChI=1S/C25H32N6O/c1-2-26-25(27-13-12-20-18-28-23-11-7-6-10-22(20)23)29-19-24(32)31-16-14-30(15-17-31)21-8-4-3-5-9-21/h3-11,18,28H,2,12-17,19H2,1H3,(H2,26,27,29). The van der Waals surface area contributed by atoms with Gasteiger partial charge in [-0.25, -0.2) is 4.99 Å². The zero-order chi connectivity index (χ0) is 22.2. The number of nitrogens with one attached hydrogen (secondary N) is 3. The van der Waals surface area contributed by atoms with Gasteiger partial charge in [-0.2, -0.15) is 0 Å². The number of para-hydroxylation sites is 2. The van der Waals surface area contributed by atoms with Gasteiger partial charge in [0.1, 0.15) is 6.54 Å². The molecule has 1 aliphatic heterocycles. The lowest BCUT2D eigenvalue weighted by atomic mass is 10.1. The monoisotopic (exact) mass is 432 g/mol. The van der Waals surface area contributed by atoms with E-state index in [-0.39, 0.29) is 12.5 Å². The third kappa shape index (κ3) is 5.41. The van der Waals surface area contributed by atoms with Gasteiger partial charge in [-0.1, -0.05) is 36.4 Å². The van der Waals surface area contributed by atoms with Gasteiger partial charge in [0.25, 0.3) is 0 Å². The number of rotatable bonds is 7. The number of aromatic amines is 1. The maximum Gasteiger partial charge on any atom is 0.244 e. The summed E-state index contributed by atoms with van der Waals surface area (Å²) in [5.41, 5.74) is 3.64. The fourth-order valence-electron chi connectivity index (χ4n) is 4.10. The highest BCUT2D eigenvalue weighted by Gasteiger charge is 2.21. The molecule has 7 heteroatoms. The zero-order valence-corrected chi connectivity index (χ0v) is 18.7. The number of benzene rings is 2. The second kappa shape index (κ2) is 10.7. The van der Waals surface area contributed by atoms with Crippen LogP contribution in [0.1, 0.15) is 12.5 Å². The lowest BCUT2D eigenvalue weighted by molar-refractivity contribution is -0.129. The lowest BCUT2D eigenvalue weighted by Crippen LogP contribution is -2.49. The summed E-state index contributed by atoms with van der Waals surface area (Å²) in [6.45, 7) is 6.85. The van der Waals surface area contributed by atoms with Crippen molar-refractivity contribution in [3.63, 3.8) is 0 Å². The Hall–Kier alpha value is -3.48. The predicted molar refractivity (Wildman–Crippen MR) is 131 cm³/mol. The smallest absolute Gasteiger partial charge is 0.244 e. The van der Waals surface area contributed by atoms with Gasteiger partial charge in [-0.15, -0.1) is 0 Å². The van der Waals surface area contributed by atoms with E-state index in [4.69, 9.17) is 0 Å². The molecule has 0 spiro atoms. The number of carbonyl (C=O) groups excluding carboxylic acids is 1. The van der Waals surface area contributed by atoms with Gasteiger partial charge in [0.05, 0.1) is 0 Å². The summed E-state index contributed by atoms with van der Waals surface area (Å²) < 4.78 is 0. The fraction of sp³-hybridized carbons (Fsp3) is 0.360. The van der Waals surface area contributed by atoms with Crippen molar-refractivity contribution >= 4 is 28.5 Å². The number of aliphatic imine (C=N–C) groups is 1. The molecule has 1 aliphatic rings. The molecule has 4 rings (SSSR count). The number of amides is 1. The van der Waals surface area contributed by atoms with E-state index in [1.165, 1.54) is 16.6 Å². The predicted octanol–water partition coefficient (Wildman–Crippen LogP) is 2.61. The molecule has 0 atom stereocenters. The largest absolute Gasteiger partial charge is 0.368 e. The van der Waals surface area contributed by atoms with Gasteiger partial charge in [-0.05, 0) is 37.1 Å². The number of carbonyl (C=O) groups is 1. The van der Waals surface area contributed by atoms with Crippen LogP contribution in [0.3, 0.4) is 0 Å². The molecule has 168 valence electrons. The van der Waals surface area contributed by atoms with Crippen molar-refractivity contribution in [1.82, 2.24) is 20.5 Å². The van der Waals surface area contributed by atoms with Crippen LogP contribution >= 0.6 is 0 Å². The van der Waals surface area contributed by atoms with Crippen LogP contribution in [0.2, 0.25) is 0 Å². The Morgan fingerprint density at radius 2 is 1.75 bits per heavy atom. The van der Waals surface area contributed by atoms with Gasteiger partial charge >= 0.3 is 0 Å². The quantitative estimate of drug-likeness (QED) is 0.396. The normalized spacial score (nSPS) is 14.6. The van der Waals surface area contributed by atoms with Gasteiger partial charge in [0, 0.05) is 62.1 Å². The topological polar surface area (TPSA) is 75.8 Å². The van der Waals surface area contributed by atoms with E-state index in [1.807, 2.05) is 24.0 Å². The number of anilines is 1. The molecule has 0 aliphatic carbocycles. The van der Waals surface area contributed by atoms with E-state index in [9.17, 15) is 4.79 Å². The first-order valence-corrected chi connectivity index (χ1v) is 11.4. The van der Waals surface area contributed by atoms with E-state index < -0.39 is 0 Å². The molecule has 2 heterocycles. The van der Waals surface area contributed by atoms with E-state index in [2.05, 4.69) is 74.2 Å². The lowest BCUT2D eigenvalue weighted by Gasteiger charge is -2.36. The van der Waals surface area contributed by atoms with Crippen molar-refractivity contribution < 1.29 is 4.79 Å². The van der Waals surface area contributed by atoms with Gasteiger partial charge in [0.15, 0.2) is 5.96 Å². The third-order valence-electron chi connectivity index (χ3n) is 5.83. The van der Waals surface area contributed by atoms with Crippen LogP contribution in [0.5, 0.6) is 0 Å². The van der Waals surface area contributed by atoms with E-state index >= 15 is 0 Å². The van der Waals surface area contributed by atoms with E-state index in [1.54, 1.807) is 0 Å². The van der Waals surface area contributed by atoms with Crippen LogP contribution in [0.25, 0.3) is 10.9 Å². The Kier molecular flexibility index (Phi) is 7.27. The highest BCUT2D eigenvalue weighted by molar-refractivity contribution is 5.85. The van der Waals surface area contributed by atoms with Gasteiger partial charge < -0.3 is 25.4 Å². The van der Waals surface area contributed by atoms with Crippen LogP contribution in [0.15, 0.2) is 65.8 Å². The molecular weight excluding hydrogens is 400 g/mol.